The van der Waals surface area contributed by atoms with E-state index in [0.717, 1.165) is 12.0 Å². The summed E-state index contributed by atoms with van der Waals surface area (Å²) in [6, 6.07) is 19.6. The average molecular weight is 844 g/mol. The van der Waals surface area contributed by atoms with E-state index in [4.69, 9.17) is 17.2 Å². The lowest BCUT2D eigenvalue weighted by molar-refractivity contribution is -0.135. The number of carbonyl (C=O) groups excluding carboxylic acids is 7. The highest BCUT2D eigenvalue weighted by Crippen LogP contribution is 2.09. The molecule has 0 aliphatic carbocycles. The summed E-state index contributed by atoms with van der Waals surface area (Å²) in [5, 5.41) is 28.4. The highest BCUT2D eigenvalue weighted by atomic mass is 16.3. The molecular formula is C42H57N11O8. The van der Waals surface area contributed by atoms with Crippen LogP contribution in [-0.4, -0.2) is 115 Å². The van der Waals surface area contributed by atoms with E-state index in [0.29, 0.717) is 17.7 Å². The number of nitrogens with two attached hydrogens (primary N) is 3. The van der Waals surface area contributed by atoms with Gasteiger partial charge in [0.2, 0.25) is 41.4 Å². The maximum atomic E-state index is 14.1. The zero-order valence-corrected chi connectivity index (χ0v) is 34.1. The van der Waals surface area contributed by atoms with Gasteiger partial charge in [-0.25, -0.2) is 0 Å². The van der Waals surface area contributed by atoms with Gasteiger partial charge in [0.25, 0.3) is 0 Å². The Kier molecular flexibility index (Phi) is 20.9. The lowest BCUT2D eigenvalue weighted by Crippen LogP contribution is -2.60. The van der Waals surface area contributed by atoms with Gasteiger partial charge in [0.1, 0.15) is 30.2 Å². The van der Waals surface area contributed by atoms with E-state index in [2.05, 4.69) is 42.2 Å². The summed E-state index contributed by atoms with van der Waals surface area (Å²) in [6.45, 7) is 0.746. The van der Waals surface area contributed by atoms with Crippen molar-refractivity contribution < 1.29 is 38.7 Å². The van der Waals surface area contributed by atoms with Crippen LogP contribution in [0.3, 0.4) is 0 Å². The number of nitrogens with one attached hydrogen (secondary N) is 7. The third-order valence-electron chi connectivity index (χ3n) is 9.12. The molecule has 0 radical (unpaired) electrons. The van der Waals surface area contributed by atoms with Crippen LogP contribution in [0, 0.1) is 0 Å². The molecule has 19 heteroatoms. The summed E-state index contributed by atoms with van der Waals surface area (Å²) < 4.78 is 0. The molecular weight excluding hydrogens is 787 g/mol. The number of amides is 7. The maximum absolute atomic E-state index is 14.1. The van der Waals surface area contributed by atoms with Crippen LogP contribution in [0.5, 0.6) is 0 Å². The molecule has 14 N–H and O–H groups in total. The Bertz CT molecular complexity index is 1920. The van der Waals surface area contributed by atoms with E-state index in [1.807, 2.05) is 6.92 Å². The van der Waals surface area contributed by atoms with Gasteiger partial charge in [-0.2, -0.15) is 0 Å². The molecule has 0 unspecified atom stereocenters. The number of primary amides is 1. The third-order valence-corrected chi connectivity index (χ3v) is 9.12. The lowest BCUT2D eigenvalue weighted by atomic mass is 10.0. The summed E-state index contributed by atoms with van der Waals surface area (Å²) >= 11 is 0. The second-order valence-corrected chi connectivity index (χ2v) is 14.0. The fourth-order valence-electron chi connectivity index (χ4n) is 5.87. The van der Waals surface area contributed by atoms with Gasteiger partial charge in [-0.1, -0.05) is 97.9 Å². The van der Waals surface area contributed by atoms with Gasteiger partial charge >= 0.3 is 0 Å². The van der Waals surface area contributed by atoms with Gasteiger partial charge in [-0.05, 0) is 29.5 Å². The van der Waals surface area contributed by atoms with Gasteiger partial charge in [0.15, 0.2) is 5.96 Å². The van der Waals surface area contributed by atoms with Gasteiger partial charge in [-0.15, -0.1) is 0 Å². The summed E-state index contributed by atoms with van der Waals surface area (Å²) in [4.78, 5) is 96.4. The monoisotopic (exact) mass is 843 g/mol. The Morgan fingerprint density at radius 2 is 1.00 bits per heavy atom. The molecule has 3 rings (SSSR count). The van der Waals surface area contributed by atoms with Crippen molar-refractivity contribution in [1.29, 1.82) is 0 Å². The van der Waals surface area contributed by atoms with E-state index < -0.39 is 84.7 Å². The highest BCUT2D eigenvalue weighted by molar-refractivity contribution is 5.97. The standard InChI is InChI=1S/C42H57N11O8/c1-2-19-46-42(45)47-20-18-30(38(58)51-31(37(44)57)21-27-12-6-3-7-13-27)50-40(60)33(23-29-16-10-5-11-17-29)52-41(61)34(26-54)53-39(59)32(22-28-14-8-4-9-15-28)49-36(56)25-48-35(55)24-43/h3-17,30-34,54H,2,18-26,43H2,1H3,(H2,44,57)(H,48,55)(H,49,56)(H,50,60)(H,51,58)(H,52,61)(H,53,59)(H3,45,46,47)/t30-,31-,32-,33-,34-/m0/s1. The summed E-state index contributed by atoms with van der Waals surface area (Å²) in [5.74, 6) is -5.31. The Morgan fingerprint density at radius 1 is 0.574 bits per heavy atom. The smallest absolute Gasteiger partial charge is 0.245 e. The van der Waals surface area contributed by atoms with E-state index >= 15 is 0 Å². The topological polar surface area (TPSA) is 314 Å². The number of aliphatic hydroxyl groups excluding tert-OH is 1. The zero-order chi connectivity index (χ0) is 44.6. The number of aliphatic imine (C=N–C) groups is 1. The Hall–Kier alpha value is -6.86. The van der Waals surface area contributed by atoms with Crippen LogP contribution >= 0.6 is 0 Å². The Balaban J connectivity index is 1.85. The second kappa shape index (κ2) is 26.3. The number of hydrogen-bond acceptors (Lipinski definition) is 10. The van der Waals surface area contributed by atoms with Crippen molar-refractivity contribution in [3.05, 3.63) is 108 Å². The molecule has 0 saturated carbocycles. The minimum atomic E-state index is -1.60. The molecule has 0 spiro atoms. The minimum absolute atomic E-state index is 0.0154. The number of nitrogens with zero attached hydrogens (tertiary/aromatic N) is 1. The molecule has 0 aromatic heterocycles. The molecule has 7 amide bonds. The predicted molar refractivity (Wildman–Crippen MR) is 228 cm³/mol. The Morgan fingerprint density at radius 3 is 1.48 bits per heavy atom. The van der Waals surface area contributed by atoms with Crippen molar-refractivity contribution in [3.63, 3.8) is 0 Å². The molecule has 328 valence electrons. The SMILES string of the molecule is CCCN=C(N)NCC[C@H](NC(=O)[C@H](Cc1ccccc1)NC(=O)[C@H](CO)NC(=O)[C@H](Cc1ccccc1)NC(=O)CNC(=O)CN)C(=O)N[C@@H](Cc1ccccc1)C(N)=O. The molecule has 0 heterocycles. The first-order chi connectivity index (χ1) is 29.3. The van der Waals surface area contributed by atoms with Crippen molar-refractivity contribution in [2.45, 2.75) is 69.2 Å². The van der Waals surface area contributed by atoms with Gasteiger partial charge in [-0.3, -0.25) is 38.6 Å². The molecule has 0 aliphatic rings. The third kappa shape index (κ3) is 17.9. The summed E-state index contributed by atoms with van der Waals surface area (Å²) in [7, 11) is 0. The van der Waals surface area contributed by atoms with Crippen molar-refractivity contribution in [2.75, 3.05) is 32.8 Å². The molecule has 61 heavy (non-hydrogen) atoms. The highest BCUT2D eigenvalue weighted by Gasteiger charge is 2.32. The first kappa shape index (κ1) is 48.5. The first-order valence-corrected chi connectivity index (χ1v) is 19.9. The average Bonchev–Trinajstić information content (AvgIpc) is 3.26. The Labute approximate surface area is 354 Å². The molecule has 3 aromatic carbocycles. The first-order valence-electron chi connectivity index (χ1n) is 19.9. The van der Waals surface area contributed by atoms with Crippen LogP contribution in [-0.2, 0) is 52.8 Å². The van der Waals surface area contributed by atoms with Crippen molar-refractivity contribution in [2.24, 2.45) is 22.2 Å². The van der Waals surface area contributed by atoms with Crippen LogP contribution in [0.1, 0.15) is 36.5 Å². The maximum Gasteiger partial charge on any atom is 0.245 e. The van der Waals surface area contributed by atoms with Crippen LogP contribution in [0.15, 0.2) is 96.0 Å². The van der Waals surface area contributed by atoms with Crippen molar-refractivity contribution >= 4 is 47.3 Å². The fraction of sp³-hybridized carbons (Fsp3) is 0.381. The normalized spacial score (nSPS) is 13.5. The van der Waals surface area contributed by atoms with E-state index in [9.17, 15) is 38.7 Å². The number of guanidine groups is 1. The van der Waals surface area contributed by atoms with E-state index in [1.54, 1.807) is 91.0 Å². The number of hydrogen-bond donors (Lipinski definition) is 11. The van der Waals surface area contributed by atoms with Crippen molar-refractivity contribution in [3.8, 4) is 0 Å². The zero-order valence-electron chi connectivity index (χ0n) is 34.1. The second-order valence-electron chi connectivity index (χ2n) is 14.0. The van der Waals surface area contributed by atoms with Crippen LogP contribution in [0.4, 0.5) is 0 Å². The van der Waals surface area contributed by atoms with Gasteiger partial charge in [0.05, 0.1) is 19.7 Å². The lowest BCUT2D eigenvalue weighted by Gasteiger charge is -2.27. The molecule has 3 aromatic rings. The quantitative estimate of drug-likeness (QED) is 0.0310. The van der Waals surface area contributed by atoms with Crippen LogP contribution < -0.4 is 54.4 Å². The molecule has 0 fully saturated rings. The predicted octanol–water partition coefficient (Wildman–Crippen LogP) is -2.60. The molecule has 5 atom stereocenters. The van der Waals surface area contributed by atoms with Crippen molar-refractivity contribution in [1.82, 2.24) is 37.2 Å². The largest absolute Gasteiger partial charge is 0.394 e. The molecule has 0 saturated heterocycles. The molecule has 0 aliphatic heterocycles. The fourth-order valence-corrected chi connectivity index (χ4v) is 5.87. The van der Waals surface area contributed by atoms with Crippen LogP contribution in [0.2, 0.25) is 0 Å². The molecule has 0 bridgehead atoms. The van der Waals surface area contributed by atoms with E-state index in [1.165, 1.54) is 0 Å². The van der Waals surface area contributed by atoms with Crippen LogP contribution in [0.25, 0.3) is 0 Å². The minimum Gasteiger partial charge on any atom is -0.394 e. The summed E-state index contributed by atoms with van der Waals surface area (Å²) in [5.41, 5.74) is 18.9. The van der Waals surface area contributed by atoms with Gasteiger partial charge < -0.3 is 59.5 Å². The molecule has 19 nitrogen and oxygen atoms in total. The number of benzene rings is 3. The number of rotatable bonds is 25. The number of carbonyl (C=O) groups is 7. The van der Waals surface area contributed by atoms with Gasteiger partial charge in [0, 0.05) is 32.4 Å². The summed E-state index contributed by atoms with van der Waals surface area (Å²) in [6.07, 6.45) is 0.697. The number of aliphatic hydroxyl groups is 1. The van der Waals surface area contributed by atoms with E-state index in [-0.39, 0.29) is 44.7 Å².